The first-order chi connectivity index (χ1) is 10.7. The van der Waals surface area contributed by atoms with Gasteiger partial charge in [-0.05, 0) is 37.3 Å². The molecule has 0 radical (unpaired) electrons. The number of ether oxygens (including phenoxy) is 1. The molecule has 1 aliphatic heterocycles. The molecule has 0 aromatic heterocycles. The van der Waals surface area contributed by atoms with Gasteiger partial charge in [0, 0.05) is 12.6 Å². The number of carboxylic acids is 1. The molecule has 1 N–H and O–H groups in total. The van der Waals surface area contributed by atoms with E-state index in [1.54, 1.807) is 18.2 Å². The van der Waals surface area contributed by atoms with Gasteiger partial charge in [-0.3, -0.25) is 9.69 Å². The molecule has 120 valence electrons. The van der Waals surface area contributed by atoms with E-state index in [1.807, 2.05) is 0 Å². The molecule has 1 aromatic carbocycles. The summed E-state index contributed by atoms with van der Waals surface area (Å²) in [6.45, 7) is 0.848. The molecule has 0 bridgehead atoms. The zero-order valence-corrected chi connectivity index (χ0v) is 12.6. The highest BCUT2D eigenvalue weighted by atomic mass is 19.1. The molecule has 0 spiro atoms. The molecule has 1 saturated carbocycles. The Morgan fingerprint density at radius 3 is 2.86 bits per heavy atom. The maximum atomic E-state index is 13.5. The van der Waals surface area contributed by atoms with Crippen LogP contribution < -0.4 is 4.74 Å². The van der Waals surface area contributed by atoms with Crippen LogP contribution in [0.2, 0.25) is 0 Å². The first-order valence-corrected chi connectivity index (χ1v) is 8.02. The van der Waals surface area contributed by atoms with Crippen molar-refractivity contribution in [1.82, 2.24) is 4.90 Å². The van der Waals surface area contributed by atoms with Crippen LogP contribution in [0, 0.1) is 11.7 Å². The summed E-state index contributed by atoms with van der Waals surface area (Å²) in [4.78, 5) is 13.6. The van der Waals surface area contributed by atoms with Crippen molar-refractivity contribution < 1.29 is 19.0 Å². The van der Waals surface area contributed by atoms with E-state index in [4.69, 9.17) is 4.74 Å². The highest BCUT2D eigenvalue weighted by Gasteiger charge is 2.44. The Morgan fingerprint density at radius 1 is 1.32 bits per heavy atom. The number of carbonyl (C=O) groups is 1. The summed E-state index contributed by atoms with van der Waals surface area (Å²) in [5.41, 5.74) is 0. The molecular weight excluding hydrogens is 285 g/mol. The van der Waals surface area contributed by atoms with E-state index in [2.05, 4.69) is 4.90 Å². The van der Waals surface area contributed by atoms with Crippen LogP contribution in [-0.4, -0.2) is 41.2 Å². The first kappa shape index (κ1) is 15.3. The van der Waals surface area contributed by atoms with Gasteiger partial charge in [-0.15, -0.1) is 0 Å². The third-order valence-corrected chi connectivity index (χ3v) is 4.95. The molecule has 2 aliphatic rings. The summed E-state index contributed by atoms with van der Waals surface area (Å²) < 4.78 is 19.0. The predicted octanol–water partition coefficient (Wildman–Crippen LogP) is 2.92. The lowest BCUT2D eigenvalue weighted by atomic mass is 9.85. The van der Waals surface area contributed by atoms with Crippen molar-refractivity contribution >= 4 is 5.97 Å². The van der Waals surface area contributed by atoms with Crippen molar-refractivity contribution in [2.45, 2.75) is 44.2 Å². The standard InChI is InChI=1S/C17H22FNO3/c18-13-6-2-4-8-16(13)22-10-9-19-14-7-3-1-5-12(14)11-15(19)17(20)21/h2,4,6,8,12,14-15H,1,3,5,7,9-11H2,(H,20,21)/t12-,14+,15+/m1/s1. The van der Waals surface area contributed by atoms with Crippen molar-refractivity contribution in [2.75, 3.05) is 13.2 Å². The molecule has 0 amide bonds. The third-order valence-electron chi connectivity index (χ3n) is 4.95. The van der Waals surface area contributed by atoms with E-state index in [1.165, 1.54) is 12.5 Å². The normalized spacial score (nSPS) is 28.3. The predicted molar refractivity (Wildman–Crippen MR) is 80.4 cm³/mol. The first-order valence-electron chi connectivity index (χ1n) is 8.02. The summed E-state index contributed by atoms with van der Waals surface area (Å²) in [6, 6.07) is 6.23. The van der Waals surface area contributed by atoms with Crippen LogP contribution in [0.1, 0.15) is 32.1 Å². The van der Waals surface area contributed by atoms with Gasteiger partial charge in [0.05, 0.1) is 0 Å². The van der Waals surface area contributed by atoms with Crippen LogP contribution in [0.5, 0.6) is 5.75 Å². The molecule has 1 saturated heterocycles. The third kappa shape index (κ3) is 3.09. The number of halogens is 1. The van der Waals surface area contributed by atoms with Crippen molar-refractivity contribution in [1.29, 1.82) is 0 Å². The Labute approximate surface area is 129 Å². The second kappa shape index (κ2) is 6.65. The number of benzene rings is 1. The number of rotatable bonds is 5. The molecule has 1 aliphatic carbocycles. The molecule has 4 nitrogen and oxygen atoms in total. The number of fused-ring (bicyclic) bond motifs is 1. The summed E-state index contributed by atoms with van der Waals surface area (Å²) in [7, 11) is 0. The fraction of sp³-hybridized carbons (Fsp3) is 0.588. The monoisotopic (exact) mass is 307 g/mol. The number of carboxylic acid groups (broad SMARTS) is 1. The topological polar surface area (TPSA) is 49.8 Å². The number of nitrogens with zero attached hydrogens (tertiary/aromatic N) is 1. The lowest BCUT2D eigenvalue weighted by molar-refractivity contribution is -0.142. The number of hydrogen-bond donors (Lipinski definition) is 1. The van der Waals surface area contributed by atoms with Gasteiger partial charge in [0.1, 0.15) is 12.6 Å². The van der Waals surface area contributed by atoms with Gasteiger partial charge in [0.2, 0.25) is 0 Å². The summed E-state index contributed by atoms with van der Waals surface area (Å²) >= 11 is 0. The van der Waals surface area contributed by atoms with E-state index in [-0.39, 0.29) is 11.6 Å². The van der Waals surface area contributed by atoms with Crippen molar-refractivity contribution in [3.63, 3.8) is 0 Å². The quantitative estimate of drug-likeness (QED) is 0.908. The molecule has 3 rings (SSSR count). The van der Waals surface area contributed by atoms with Gasteiger partial charge in [-0.2, -0.15) is 0 Å². The van der Waals surface area contributed by atoms with Crippen LogP contribution in [0.15, 0.2) is 24.3 Å². The second-order valence-electron chi connectivity index (χ2n) is 6.22. The van der Waals surface area contributed by atoms with Crippen LogP contribution in [0.4, 0.5) is 4.39 Å². The Hall–Kier alpha value is -1.62. The lowest BCUT2D eigenvalue weighted by Gasteiger charge is -2.32. The summed E-state index contributed by atoms with van der Waals surface area (Å²) in [6.07, 6.45) is 5.29. The number of likely N-dealkylation sites (tertiary alicyclic amines) is 1. The Morgan fingerprint density at radius 2 is 2.09 bits per heavy atom. The average Bonchev–Trinajstić information content (AvgIpc) is 2.88. The molecule has 2 fully saturated rings. The van der Waals surface area contributed by atoms with E-state index in [0.29, 0.717) is 25.1 Å². The highest BCUT2D eigenvalue weighted by molar-refractivity contribution is 5.74. The van der Waals surface area contributed by atoms with Crippen molar-refractivity contribution in [3.8, 4) is 5.75 Å². The van der Waals surface area contributed by atoms with Crippen LogP contribution in [0.3, 0.4) is 0 Å². The van der Waals surface area contributed by atoms with Crippen molar-refractivity contribution in [2.24, 2.45) is 5.92 Å². The summed E-state index contributed by atoms with van der Waals surface area (Å²) in [5, 5.41) is 9.45. The smallest absolute Gasteiger partial charge is 0.320 e. The summed E-state index contributed by atoms with van der Waals surface area (Å²) in [5.74, 6) is -0.411. The van der Waals surface area contributed by atoms with Crippen molar-refractivity contribution in [3.05, 3.63) is 30.1 Å². The molecule has 5 heteroatoms. The number of aliphatic carboxylic acids is 1. The van der Waals surface area contributed by atoms with Crippen LogP contribution >= 0.6 is 0 Å². The Balaban J connectivity index is 1.61. The van der Waals surface area contributed by atoms with Gasteiger partial charge in [-0.1, -0.05) is 25.0 Å². The Bertz CT molecular complexity index is 536. The van der Waals surface area contributed by atoms with Crippen LogP contribution in [-0.2, 0) is 4.79 Å². The molecule has 0 unspecified atom stereocenters. The average molecular weight is 307 g/mol. The van der Waals surface area contributed by atoms with E-state index in [0.717, 1.165) is 25.7 Å². The maximum Gasteiger partial charge on any atom is 0.320 e. The Kier molecular flexibility index (Phi) is 4.62. The SMILES string of the molecule is O=C(O)[C@@H]1C[C@H]2CCCC[C@@H]2N1CCOc1ccccc1F. The lowest BCUT2D eigenvalue weighted by Crippen LogP contribution is -2.44. The maximum absolute atomic E-state index is 13.5. The second-order valence-corrected chi connectivity index (χ2v) is 6.22. The van der Waals surface area contributed by atoms with E-state index in [9.17, 15) is 14.3 Å². The van der Waals surface area contributed by atoms with E-state index >= 15 is 0 Å². The minimum atomic E-state index is -0.750. The fourth-order valence-corrected chi connectivity index (χ4v) is 3.94. The minimum Gasteiger partial charge on any atom is -0.489 e. The molecule has 1 heterocycles. The van der Waals surface area contributed by atoms with Gasteiger partial charge < -0.3 is 9.84 Å². The zero-order chi connectivity index (χ0) is 15.5. The highest BCUT2D eigenvalue weighted by Crippen LogP contribution is 2.39. The molecular formula is C17H22FNO3. The fourth-order valence-electron chi connectivity index (χ4n) is 3.94. The van der Waals surface area contributed by atoms with Crippen LogP contribution in [0.25, 0.3) is 0 Å². The number of hydrogen-bond acceptors (Lipinski definition) is 3. The van der Waals surface area contributed by atoms with Gasteiger partial charge >= 0.3 is 5.97 Å². The van der Waals surface area contributed by atoms with Gasteiger partial charge in [0.25, 0.3) is 0 Å². The zero-order valence-electron chi connectivity index (χ0n) is 12.6. The molecule has 22 heavy (non-hydrogen) atoms. The molecule has 1 aromatic rings. The van der Waals surface area contributed by atoms with Gasteiger partial charge in [0.15, 0.2) is 11.6 Å². The van der Waals surface area contributed by atoms with Gasteiger partial charge in [-0.25, -0.2) is 4.39 Å². The number of para-hydroxylation sites is 1. The molecule has 3 atom stereocenters. The van der Waals surface area contributed by atoms with E-state index < -0.39 is 12.0 Å². The largest absolute Gasteiger partial charge is 0.489 e. The minimum absolute atomic E-state index is 0.230.